The van der Waals surface area contributed by atoms with Crippen LogP contribution < -0.4 is 5.32 Å². The zero-order valence-corrected chi connectivity index (χ0v) is 12.5. The molecule has 1 unspecified atom stereocenters. The van der Waals surface area contributed by atoms with E-state index in [4.69, 9.17) is 8.94 Å². The molecule has 4 rings (SSSR count). The fraction of sp³-hybridized carbons (Fsp3) is 0.400. The number of likely N-dealkylation sites (N-methyl/N-ethyl adjacent to an activating group) is 1. The molecule has 4 heterocycles. The largest absolute Gasteiger partial charge is 0.449 e. The first-order valence-electron chi connectivity index (χ1n) is 7.33. The molecule has 0 spiro atoms. The number of fused-ring (bicyclic) bond motifs is 1. The quantitative estimate of drug-likeness (QED) is 0.772. The highest BCUT2D eigenvalue weighted by Gasteiger charge is 2.26. The number of nitrogens with one attached hydrogen (secondary N) is 1. The van der Waals surface area contributed by atoms with Crippen LogP contribution in [0.1, 0.15) is 17.6 Å². The lowest BCUT2D eigenvalue weighted by molar-refractivity contribution is 0.190. The van der Waals surface area contributed by atoms with Crippen molar-refractivity contribution in [3.05, 3.63) is 29.7 Å². The molecule has 7 heteroatoms. The van der Waals surface area contributed by atoms with E-state index in [0.717, 1.165) is 36.4 Å². The van der Waals surface area contributed by atoms with E-state index < -0.39 is 0 Å². The summed E-state index contributed by atoms with van der Waals surface area (Å²) in [6, 6.07) is 5.77. The number of pyridine rings is 1. The molecule has 0 aromatic carbocycles. The predicted molar refractivity (Wildman–Crippen MR) is 80.3 cm³/mol. The Bertz CT molecular complexity index is 809. The van der Waals surface area contributed by atoms with Gasteiger partial charge in [-0.25, -0.2) is 4.98 Å². The maximum atomic E-state index is 5.75. The summed E-state index contributed by atoms with van der Waals surface area (Å²) in [4.78, 5) is 11.1. The van der Waals surface area contributed by atoms with Crippen LogP contribution in [0.25, 0.3) is 22.8 Å². The van der Waals surface area contributed by atoms with Crippen LogP contribution >= 0.6 is 0 Å². The van der Waals surface area contributed by atoms with Crippen LogP contribution in [-0.4, -0.2) is 46.7 Å². The molecule has 3 aromatic rings. The number of furan rings is 1. The van der Waals surface area contributed by atoms with Crippen LogP contribution in [0.2, 0.25) is 0 Å². The monoisotopic (exact) mass is 299 g/mol. The predicted octanol–water partition coefficient (Wildman–Crippen LogP) is 1.76. The third kappa shape index (κ3) is 2.28. The Morgan fingerprint density at radius 2 is 2.23 bits per heavy atom. The molecule has 22 heavy (non-hydrogen) atoms. The Hall–Kier alpha value is -2.25. The van der Waals surface area contributed by atoms with Gasteiger partial charge in [-0.3, -0.25) is 4.90 Å². The minimum absolute atomic E-state index is 0.121. The molecule has 0 aliphatic carbocycles. The molecule has 1 aliphatic heterocycles. The van der Waals surface area contributed by atoms with Crippen molar-refractivity contribution in [2.75, 3.05) is 26.7 Å². The lowest BCUT2D eigenvalue weighted by Gasteiger charge is -2.30. The van der Waals surface area contributed by atoms with Crippen LogP contribution in [0.15, 0.2) is 27.1 Å². The molecule has 0 radical (unpaired) electrons. The van der Waals surface area contributed by atoms with E-state index in [2.05, 4.69) is 32.4 Å². The van der Waals surface area contributed by atoms with Gasteiger partial charge in [-0.05, 0) is 26.1 Å². The Morgan fingerprint density at radius 1 is 1.32 bits per heavy atom. The SMILES string of the molecule is Cc1ccc2oc(-c3nc(C4CNCCN4C)no3)cc2n1. The summed E-state index contributed by atoms with van der Waals surface area (Å²) in [5, 5.41) is 7.45. The van der Waals surface area contributed by atoms with E-state index in [1.165, 1.54) is 0 Å². The summed E-state index contributed by atoms with van der Waals surface area (Å²) < 4.78 is 11.1. The first kappa shape index (κ1) is 13.4. The van der Waals surface area contributed by atoms with Gasteiger partial charge in [0.05, 0.1) is 6.04 Å². The first-order valence-corrected chi connectivity index (χ1v) is 7.33. The van der Waals surface area contributed by atoms with Crippen LogP contribution in [-0.2, 0) is 0 Å². The van der Waals surface area contributed by atoms with Crippen molar-refractivity contribution in [1.29, 1.82) is 0 Å². The second-order valence-electron chi connectivity index (χ2n) is 5.60. The summed E-state index contributed by atoms with van der Waals surface area (Å²) >= 11 is 0. The van der Waals surface area contributed by atoms with Gasteiger partial charge in [0.2, 0.25) is 0 Å². The average molecular weight is 299 g/mol. The Kier molecular flexibility index (Phi) is 3.16. The highest BCUT2D eigenvalue weighted by molar-refractivity contribution is 5.77. The van der Waals surface area contributed by atoms with E-state index in [0.29, 0.717) is 17.5 Å². The number of hydrogen-bond acceptors (Lipinski definition) is 7. The van der Waals surface area contributed by atoms with Gasteiger partial charge in [0, 0.05) is 31.4 Å². The number of aromatic nitrogens is 3. The molecule has 0 amide bonds. The highest BCUT2D eigenvalue weighted by Crippen LogP contribution is 2.27. The summed E-state index contributed by atoms with van der Waals surface area (Å²) in [7, 11) is 2.06. The molecule has 7 nitrogen and oxygen atoms in total. The van der Waals surface area contributed by atoms with Crippen molar-refractivity contribution in [3.8, 4) is 11.7 Å². The normalized spacial score (nSPS) is 19.8. The number of nitrogens with zero attached hydrogens (tertiary/aromatic N) is 4. The molecule has 1 N–H and O–H groups in total. The lowest BCUT2D eigenvalue weighted by atomic mass is 10.2. The van der Waals surface area contributed by atoms with Gasteiger partial charge in [-0.15, -0.1) is 0 Å². The average Bonchev–Trinajstić information content (AvgIpc) is 3.13. The molecular formula is C15H17N5O2. The van der Waals surface area contributed by atoms with Gasteiger partial charge >= 0.3 is 0 Å². The minimum Gasteiger partial charge on any atom is -0.449 e. The van der Waals surface area contributed by atoms with Crippen molar-refractivity contribution in [3.63, 3.8) is 0 Å². The van der Waals surface area contributed by atoms with Gasteiger partial charge in [0.25, 0.3) is 5.89 Å². The summed E-state index contributed by atoms with van der Waals surface area (Å²) in [6.45, 7) is 4.70. The number of aryl methyl sites for hydroxylation is 1. The van der Waals surface area contributed by atoms with Crippen molar-refractivity contribution < 1.29 is 8.94 Å². The van der Waals surface area contributed by atoms with Gasteiger partial charge in [0.15, 0.2) is 17.2 Å². The van der Waals surface area contributed by atoms with Crippen molar-refractivity contribution in [1.82, 2.24) is 25.3 Å². The van der Waals surface area contributed by atoms with Gasteiger partial charge < -0.3 is 14.3 Å². The topological polar surface area (TPSA) is 80.2 Å². The van der Waals surface area contributed by atoms with Gasteiger partial charge in [0.1, 0.15) is 5.52 Å². The van der Waals surface area contributed by atoms with Gasteiger partial charge in [-0.2, -0.15) is 4.98 Å². The van der Waals surface area contributed by atoms with E-state index >= 15 is 0 Å². The zero-order chi connectivity index (χ0) is 15.1. The molecule has 1 saturated heterocycles. The molecule has 1 fully saturated rings. The Balaban J connectivity index is 1.67. The first-order chi connectivity index (χ1) is 10.7. The van der Waals surface area contributed by atoms with Crippen LogP contribution in [0.4, 0.5) is 0 Å². The lowest BCUT2D eigenvalue weighted by Crippen LogP contribution is -2.44. The summed E-state index contributed by atoms with van der Waals surface area (Å²) in [5.41, 5.74) is 2.46. The fourth-order valence-corrected chi connectivity index (χ4v) is 2.70. The molecule has 3 aromatic heterocycles. The molecular weight excluding hydrogens is 282 g/mol. The van der Waals surface area contributed by atoms with Crippen LogP contribution in [0.5, 0.6) is 0 Å². The van der Waals surface area contributed by atoms with E-state index in [-0.39, 0.29) is 6.04 Å². The number of rotatable bonds is 2. The second kappa shape index (κ2) is 5.19. The minimum atomic E-state index is 0.121. The number of hydrogen-bond donors (Lipinski definition) is 1. The van der Waals surface area contributed by atoms with Crippen LogP contribution in [0, 0.1) is 6.92 Å². The summed E-state index contributed by atoms with van der Waals surface area (Å²) in [5.74, 6) is 1.62. The molecule has 114 valence electrons. The molecule has 1 atom stereocenters. The third-order valence-corrected chi connectivity index (χ3v) is 3.97. The molecule has 1 aliphatic rings. The maximum Gasteiger partial charge on any atom is 0.293 e. The van der Waals surface area contributed by atoms with E-state index in [9.17, 15) is 0 Å². The standard InChI is InChI=1S/C15H17N5O2/c1-9-3-4-12-10(17-9)7-13(21-12)15-18-14(19-22-15)11-8-16-5-6-20(11)2/h3-4,7,11,16H,5-6,8H2,1-2H3. The van der Waals surface area contributed by atoms with E-state index in [1.807, 2.05) is 25.1 Å². The Labute approximate surface area is 127 Å². The fourth-order valence-electron chi connectivity index (χ4n) is 2.70. The van der Waals surface area contributed by atoms with E-state index in [1.54, 1.807) is 0 Å². The second-order valence-corrected chi connectivity index (χ2v) is 5.60. The van der Waals surface area contributed by atoms with Crippen LogP contribution in [0.3, 0.4) is 0 Å². The van der Waals surface area contributed by atoms with Gasteiger partial charge in [-0.1, -0.05) is 5.16 Å². The van der Waals surface area contributed by atoms with Crippen molar-refractivity contribution in [2.24, 2.45) is 0 Å². The highest BCUT2D eigenvalue weighted by atomic mass is 16.5. The maximum absolute atomic E-state index is 5.75. The third-order valence-electron chi connectivity index (χ3n) is 3.97. The summed E-state index contributed by atoms with van der Waals surface area (Å²) in [6.07, 6.45) is 0. The van der Waals surface area contributed by atoms with Crippen molar-refractivity contribution in [2.45, 2.75) is 13.0 Å². The smallest absolute Gasteiger partial charge is 0.293 e. The molecule has 0 saturated carbocycles. The number of piperazine rings is 1. The zero-order valence-electron chi connectivity index (χ0n) is 12.5. The Morgan fingerprint density at radius 3 is 3.09 bits per heavy atom. The van der Waals surface area contributed by atoms with Crippen molar-refractivity contribution >= 4 is 11.1 Å². The molecule has 0 bridgehead atoms.